The third kappa shape index (κ3) is 3.12. The number of nitrogens with zero attached hydrogens (tertiary/aromatic N) is 2. The Kier molecular flexibility index (Phi) is 4.16. The molecular formula is C17H15N3O3. The summed E-state index contributed by atoms with van der Waals surface area (Å²) in [6, 6.07) is 10.7. The van der Waals surface area contributed by atoms with Gasteiger partial charge in [-0.05, 0) is 29.8 Å². The average molecular weight is 309 g/mol. The van der Waals surface area contributed by atoms with Crippen molar-refractivity contribution in [3.05, 3.63) is 54.5 Å². The number of hydrogen-bond donors (Lipinski definition) is 2. The summed E-state index contributed by atoms with van der Waals surface area (Å²) in [6.45, 7) is 0.216. The molecule has 0 fully saturated rings. The van der Waals surface area contributed by atoms with Gasteiger partial charge in [-0.1, -0.05) is 12.1 Å². The van der Waals surface area contributed by atoms with E-state index in [4.69, 9.17) is 15.6 Å². The molecule has 0 saturated carbocycles. The first kappa shape index (κ1) is 14.9. The molecule has 0 aliphatic carbocycles. The highest BCUT2D eigenvalue weighted by atomic mass is 16.5. The van der Waals surface area contributed by atoms with Crippen LogP contribution in [0.25, 0.3) is 22.0 Å². The van der Waals surface area contributed by atoms with E-state index in [1.165, 1.54) is 0 Å². The maximum atomic E-state index is 11.3. The first-order valence-corrected chi connectivity index (χ1v) is 7.07. The number of aromatic nitrogens is 2. The first-order chi connectivity index (χ1) is 11.2. The van der Waals surface area contributed by atoms with E-state index in [9.17, 15) is 4.79 Å². The molecule has 6 heteroatoms. The van der Waals surface area contributed by atoms with Gasteiger partial charge in [0.1, 0.15) is 18.1 Å². The van der Waals surface area contributed by atoms with Crippen LogP contribution in [-0.4, -0.2) is 34.2 Å². The lowest BCUT2D eigenvalue weighted by Crippen LogP contribution is -2.12. The van der Waals surface area contributed by atoms with Gasteiger partial charge in [0.25, 0.3) is 5.91 Å². The standard InChI is InChI=1S/C17H15N3O3/c18-17(22)15-6-3-12-9-19-10-14(16(12)20-15)11-1-4-13(5-2-11)23-8-7-21/h1-6,9-10,21H,7-8H2,(H2,18,22). The molecule has 23 heavy (non-hydrogen) atoms. The van der Waals surface area contributed by atoms with Gasteiger partial charge in [0, 0.05) is 23.3 Å². The van der Waals surface area contributed by atoms with Gasteiger partial charge in [-0.25, -0.2) is 4.98 Å². The van der Waals surface area contributed by atoms with E-state index in [1.54, 1.807) is 24.5 Å². The Hall–Kier alpha value is -2.99. The Morgan fingerprint density at radius 2 is 1.91 bits per heavy atom. The second-order valence-electron chi connectivity index (χ2n) is 4.92. The van der Waals surface area contributed by atoms with Crippen LogP contribution in [0.2, 0.25) is 0 Å². The summed E-state index contributed by atoms with van der Waals surface area (Å²) >= 11 is 0. The lowest BCUT2D eigenvalue weighted by Gasteiger charge is -2.08. The van der Waals surface area contributed by atoms with Crippen molar-refractivity contribution in [2.24, 2.45) is 5.73 Å². The second-order valence-corrected chi connectivity index (χ2v) is 4.92. The lowest BCUT2D eigenvalue weighted by atomic mass is 10.0. The van der Waals surface area contributed by atoms with Crippen molar-refractivity contribution in [2.75, 3.05) is 13.2 Å². The molecule has 1 aromatic carbocycles. The number of hydrogen-bond acceptors (Lipinski definition) is 5. The number of rotatable bonds is 5. The molecule has 0 unspecified atom stereocenters. The molecule has 0 aliphatic rings. The zero-order chi connectivity index (χ0) is 16.2. The van der Waals surface area contributed by atoms with E-state index in [-0.39, 0.29) is 18.9 Å². The number of aliphatic hydroxyl groups excluding tert-OH is 1. The summed E-state index contributed by atoms with van der Waals surface area (Å²) < 4.78 is 5.34. The van der Waals surface area contributed by atoms with Gasteiger partial charge in [0.2, 0.25) is 0 Å². The molecule has 3 rings (SSSR count). The summed E-state index contributed by atoms with van der Waals surface area (Å²) in [5.41, 5.74) is 7.89. The second kappa shape index (κ2) is 6.41. The van der Waals surface area contributed by atoms with Crippen molar-refractivity contribution in [1.82, 2.24) is 9.97 Å². The van der Waals surface area contributed by atoms with Crippen molar-refractivity contribution >= 4 is 16.8 Å². The first-order valence-electron chi connectivity index (χ1n) is 7.07. The number of carbonyl (C=O) groups excluding carboxylic acids is 1. The van der Waals surface area contributed by atoms with Gasteiger partial charge in [0.15, 0.2) is 0 Å². The number of carbonyl (C=O) groups is 1. The fourth-order valence-corrected chi connectivity index (χ4v) is 2.29. The summed E-state index contributed by atoms with van der Waals surface area (Å²) in [5.74, 6) is 0.101. The minimum atomic E-state index is -0.567. The smallest absolute Gasteiger partial charge is 0.267 e. The molecule has 2 heterocycles. The van der Waals surface area contributed by atoms with Crippen LogP contribution in [0.1, 0.15) is 10.5 Å². The summed E-state index contributed by atoms with van der Waals surface area (Å²) in [7, 11) is 0. The number of primary amides is 1. The third-order valence-electron chi connectivity index (χ3n) is 3.38. The lowest BCUT2D eigenvalue weighted by molar-refractivity contribution is 0.0996. The Balaban J connectivity index is 2.04. The van der Waals surface area contributed by atoms with Crippen molar-refractivity contribution < 1.29 is 14.6 Å². The van der Waals surface area contributed by atoms with E-state index in [0.29, 0.717) is 11.3 Å². The fraction of sp³-hybridized carbons (Fsp3) is 0.118. The Labute approximate surface area is 132 Å². The van der Waals surface area contributed by atoms with E-state index in [0.717, 1.165) is 16.5 Å². The van der Waals surface area contributed by atoms with Crippen LogP contribution in [0.5, 0.6) is 5.75 Å². The molecule has 6 nitrogen and oxygen atoms in total. The number of aliphatic hydroxyl groups is 1. The maximum absolute atomic E-state index is 11.3. The molecular weight excluding hydrogens is 294 g/mol. The van der Waals surface area contributed by atoms with Crippen LogP contribution in [0.15, 0.2) is 48.8 Å². The zero-order valence-electron chi connectivity index (χ0n) is 12.3. The molecule has 0 aliphatic heterocycles. The molecule has 0 spiro atoms. The van der Waals surface area contributed by atoms with Gasteiger partial charge in [0.05, 0.1) is 12.1 Å². The van der Waals surface area contributed by atoms with Crippen LogP contribution in [0.4, 0.5) is 0 Å². The van der Waals surface area contributed by atoms with Gasteiger partial charge in [-0.3, -0.25) is 9.78 Å². The van der Waals surface area contributed by atoms with Gasteiger partial charge in [-0.2, -0.15) is 0 Å². The molecule has 0 bridgehead atoms. The molecule has 1 amide bonds. The third-order valence-corrected chi connectivity index (χ3v) is 3.38. The van der Waals surface area contributed by atoms with Gasteiger partial charge in [-0.15, -0.1) is 0 Å². The predicted molar refractivity (Wildman–Crippen MR) is 86.1 cm³/mol. The van der Waals surface area contributed by atoms with E-state index < -0.39 is 5.91 Å². The number of ether oxygens (including phenoxy) is 1. The van der Waals surface area contributed by atoms with Crippen LogP contribution >= 0.6 is 0 Å². The number of fused-ring (bicyclic) bond motifs is 1. The number of amides is 1. The molecule has 116 valence electrons. The van der Waals surface area contributed by atoms with E-state index >= 15 is 0 Å². The van der Waals surface area contributed by atoms with Crippen LogP contribution < -0.4 is 10.5 Å². The highest BCUT2D eigenvalue weighted by molar-refractivity contribution is 5.97. The highest BCUT2D eigenvalue weighted by Gasteiger charge is 2.09. The molecule has 0 radical (unpaired) electrons. The largest absolute Gasteiger partial charge is 0.491 e. The summed E-state index contributed by atoms with van der Waals surface area (Å²) in [4.78, 5) is 19.9. The normalized spacial score (nSPS) is 10.7. The minimum Gasteiger partial charge on any atom is -0.491 e. The molecule has 3 aromatic rings. The van der Waals surface area contributed by atoms with Gasteiger partial charge >= 0.3 is 0 Å². The van der Waals surface area contributed by atoms with Crippen LogP contribution in [0.3, 0.4) is 0 Å². The van der Waals surface area contributed by atoms with Crippen molar-refractivity contribution in [2.45, 2.75) is 0 Å². The predicted octanol–water partition coefficient (Wildman–Crippen LogP) is 1.77. The minimum absolute atomic E-state index is 0.0329. The summed E-state index contributed by atoms with van der Waals surface area (Å²) in [6.07, 6.45) is 3.39. The highest BCUT2D eigenvalue weighted by Crippen LogP contribution is 2.28. The molecule has 3 N–H and O–H groups in total. The number of pyridine rings is 2. The fourth-order valence-electron chi connectivity index (χ4n) is 2.29. The molecule has 0 saturated heterocycles. The quantitative estimate of drug-likeness (QED) is 0.748. The Bertz CT molecular complexity index is 847. The van der Waals surface area contributed by atoms with E-state index in [2.05, 4.69) is 9.97 Å². The topological polar surface area (TPSA) is 98.3 Å². The number of benzene rings is 1. The Morgan fingerprint density at radius 1 is 1.13 bits per heavy atom. The SMILES string of the molecule is NC(=O)c1ccc2cncc(-c3ccc(OCCO)cc3)c2n1. The monoisotopic (exact) mass is 309 g/mol. The van der Waals surface area contributed by atoms with Crippen LogP contribution in [-0.2, 0) is 0 Å². The van der Waals surface area contributed by atoms with Crippen molar-refractivity contribution in [3.63, 3.8) is 0 Å². The van der Waals surface area contributed by atoms with Crippen molar-refractivity contribution in [1.29, 1.82) is 0 Å². The number of nitrogens with two attached hydrogens (primary N) is 1. The van der Waals surface area contributed by atoms with E-state index in [1.807, 2.05) is 24.3 Å². The molecule has 2 aromatic heterocycles. The summed E-state index contributed by atoms with van der Waals surface area (Å²) in [5, 5.41) is 9.60. The molecule has 0 atom stereocenters. The van der Waals surface area contributed by atoms with Crippen LogP contribution in [0, 0.1) is 0 Å². The maximum Gasteiger partial charge on any atom is 0.267 e. The Morgan fingerprint density at radius 3 is 2.61 bits per heavy atom. The van der Waals surface area contributed by atoms with Gasteiger partial charge < -0.3 is 15.6 Å². The zero-order valence-corrected chi connectivity index (χ0v) is 12.3. The average Bonchev–Trinajstić information content (AvgIpc) is 2.59. The van der Waals surface area contributed by atoms with Crippen molar-refractivity contribution in [3.8, 4) is 16.9 Å².